The quantitative estimate of drug-likeness (QED) is 0.476. The van der Waals surface area contributed by atoms with Crippen molar-refractivity contribution in [3.63, 3.8) is 0 Å². The average Bonchev–Trinajstić information content (AvgIpc) is 2.68. The first kappa shape index (κ1) is 18.1. The minimum atomic E-state index is -4.08. The van der Waals surface area contributed by atoms with Crippen LogP contribution in [0, 0.1) is 12.7 Å². The third kappa shape index (κ3) is 3.57. The third-order valence-corrected chi connectivity index (χ3v) is 5.40. The van der Waals surface area contributed by atoms with Crippen LogP contribution in [0.4, 0.5) is 4.39 Å². The van der Waals surface area contributed by atoms with Gasteiger partial charge in [0.05, 0.1) is 10.9 Å². The van der Waals surface area contributed by atoms with E-state index in [-0.39, 0.29) is 22.4 Å². The van der Waals surface area contributed by atoms with Crippen molar-refractivity contribution in [1.29, 1.82) is 0 Å². The summed E-state index contributed by atoms with van der Waals surface area (Å²) in [7, 11) is -4.08. The molecule has 0 saturated carbocycles. The lowest BCUT2D eigenvalue weighted by Crippen LogP contribution is -2.11. The molecule has 0 aliphatic carbocycles. The number of aromatic nitrogens is 2. The van der Waals surface area contributed by atoms with Gasteiger partial charge in [-0.15, -0.1) is 0 Å². The van der Waals surface area contributed by atoms with Gasteiger partial charge in [-0.1, -0.05) is 29.8 Å². The lowest BCUT2D eigenvalue weighted by molar-refractivity contribution is 0.479. The summed E-state index contributed by atoms with van der Waals surface area (Å²) in [5.74, 6) is -0.221. The van der Waals surface area contributed by atoms with Crippen LogP contribution in [0.2, 0.25) is 0 Å². The second kappa shape index (κ2) is 7.01. The molecule has 0 saturated heterocycles. The zero-order valence-corrected chi connectivity index (χ0v) is 15.7. The Morgan fingerprint density at radius 1 is 0.857 bits per heavy atom. The van der Waals surface area contributed by atoms with E-state index in [9.17, 15) is 12.8 Å². The molecule has 0 fully saturated rings. The minimum Gasteiger partial charge on any atom is -0.357 e. The summed E-state index contributed by atoms with van der Waals surface area (Å²) >= 11 is 0. The number of para-hydroxylation sites is 1. The molecular weight excluding hydrogens is 379 g/mol. The highest BCUT2D eigenvalue weighted by molar-refractivity contribution is 7.87. The van der Waals surface area contributed by atoms with E-state index in [0.29, 0.717) is 16.5 Å². The van der Waals surface area contributed by atoms with Gasteiger partial charge in [0.15, 0.2) is 5.82 Å². The Bertz CT molecular complexity index is 1260. The van der Waals surface area contributed by atoms with E-state index < -0.39 is 10.1 Å². The number of rotatable bonds is 4. The summed E-state index contributed by atoms with van der Waals surface area (Å²) in [6.45, 7) is 1.87. The number of fused-ring (bicyclic) bond motifs is 1. The van der Waals surface area contributed by atoms with Crippen molar-refractivity contribution in [1.82, 2.24) is 9.97 Å². The van der Waals surface area contributed by atoms with Crippen molar-refractivity contribution in [2.24, 2.45) is 0 Å². The molecule has 0 aliphatic rings. The first-order chi connectivity index (χ1) is 13.4. The molecule has 1 aromatic heterocycles. The van der Waals surface area contributed by atoms with E-state index in [1.54, 1.807) is 36.4 Å². The Hall–Kier alpha value is -3.32. The van der Waals surface area contributed by atoms with Gasteiger partial charge in [0.2, 0.25) is 5.88 Å². The highest BCUT2D eigenvalue weighted by Gasteiger charge is 2.20. The van der Waals surface area contributed by atoms with E-state index in [0.717, 1.165) is 5.56 Å². The van der Waals surface area contributed by atoms with E-state index in [4.69, 9.17) is 4.18 Å². The molecule has 0 radical (unpaired) electrons. The standard InChI is InChI=1S/C21H15FN2O3S/c1-14-6-12-17(13-7-14)28(25,26)27-21-18-4-2-3-5-19(18)23-20(24-21)15-8-10-16(22)11-9-15/h2-13H,1H3. The number of hydrogen-bond donors (Lipinski definition) is 0. The van der Waals surface area contributed by atoms with Crippen LogP contribution in [0.5, 0.6) is 5.88 Å². The fourth-order valence-corrected chi connectivity index (χ4v) is 3.60. The van der Waals surface area contributed by atoms with Crippen LogP contribution in [-0.2, 0) is 10.1 Å². The maximum Gasteiger partial charge on any atom is 0.340 e. The number of halogens is 1. The molecule has 4 rings (SSSR count). The number of benzene rings is 3. The molecule has 3 aromatic carbocycles. The Labute approximate surface area is 161 Å². The van der Waals surface area contributed by atoms with Crippen LogP contribution < -0.4 is 4.18 Å². The largest absolute Gasteiger partial charge is 0.357 e. The molecule has 5 nitrogen and oxygen atoms in total. The van der Waals surface area contributed by atoms with Gasteiger partial charge in [-0.3, -0.25) is 0 Å². The smallest absolute Gasteiger partial charge is 0.340 e. The van der Waals surface area contributed by atoms with Crippen molar-refractivity contribution in [3.05, 3.63) is 84.2 Å². The third-order valence-electron chi connectivity index (χ3n) is 4.17. The average molecular weight is 394 g/mol. The zero-order chi connectivity index (χ0) is 19.7. The normalized spacial score (nSPS) is 11.5. The maximum atomic E-state index is 13.2. The summed E-state index contributed by atoms with van der Waals surface area (Å²) in [4.78, 5) is 8.77. The van der Waals surface area contributed by atoms with E-state index in [1.165, 1.54) is 36.4 Å². The monoisotopic (exact) mass is 394 g/mol. The van der Waals surface area contributed by atoms with Crippen molar-refractivity contribution < 1.29 is 17.0 Å². The molecule has 140 valence electrons. The van der Waals surface area contributed by atoms with Crippen molar-refractivity contribution in [2.45, 2.75) is 11.8 Å². The molecule has 0 atom stereocenters. The molecule has 0 N–H and O–H groups in total. The zero-order valence-electron chi connectivity index (χ0n) is 14.8. The molecule has 0 amide bonds. The van der Waals surface area contributed by atoms with Crippen LogP contribution in [0.25, 0.3) is 22.3 Å². The van der Waals surface area contributed by atoms with E-state index in [2.05, 4.69) is 9.97 Å². The van der Waals surface area contributed by atoms with Crippen LogP contribution in [0.15, 0.2) is 77.7 Å². The number of nitrogens with zero attached hydrogens (tertiary/aromatic N) is 2. The van der Waals surface area contributed by atoms with Gasteiger partial charge in [-0.25, -0.2) is 9.37 Å². The van der Waals surface area contributed by atoms with Crippen molar-refractivity contribution in [3.8, 4) is 17.3 Å². The second-order valence-electron chi connectivity index (χ2n) is 6.23. The highest BCUT2D eigenvalue weighted by atomic mass is 32.2. The Morgan fingerprint density at radius 3 is 2.25 bits per heavy atom. The highest BCUT2D eigenvalue weighted by Crippen LogP contribution is 2.29. The molecule has 28 heavy (non-hydrogen) atoms. The lowest BCUT2D eigenvalue weighted by atomic mass is 10.2. The molecule has 0 aliphatic heterocycles. The van der Waals surface area contributed by atoms with E-state index >= 15 is 0 Å². The van der Waals surface area contributed by atoms with Gasteiger partial charge >= 0.3 is 10.1 Å². The molecule has 7 heteroatoms. The van der Waals surface area contributed by atoms with Gasteiger partial charge in [-0.2, -0.15) is 13.4 Å². The summed E-state index contributed by atoms with van der Waals surface area (Å²) in [6.07, 6.45) is 0. The molecule has 1 heterocycles. The summed E-state index contributed by atoms with van der Waals surface area (Å²) in [5, 5.41) is 0.462. The van der Waals surface area contributed by atoms with Crippen LogP contribution >= 0.6 is 0 Å². The van der Waals surface area contributed by atoms with Crippen molar-refractivity contribution >= 4 is 21.0 Å². The maximum absolute atomic E-state index is 13.2. The van der Waals surface area contributed by atoms with Gasteiger partial charge in [-0.05, 0) is 55.5 Å². The summed E-state index contributed by atoms with van der Waals surface area (Å²) in [5.41, 5.74) is 2.00. The molecule has 4 aromatic rings. The topological polar surface area (TPSA) is 69.2 Å². The van der Waals surface area contributed by atoms with Gasteiger partial charge < -0.3 is 4.18 Å². The summed E-state index contributed by atoms with van der Waals surface area (Å²) in [6, 6.07) is 18.9. The Kier molecular flexibility index (Phi) is 4.52. The number of aryl methyl sites for hydroxylation is 1. The van der Waals surface area contributed by atoms with Crippen LogP contribution in [0.1, 0.15) is 5.56 Å². The second-order valence-corrected chi connectivity index (χ2v) is 7.77. The first-order valence-electron chi connectivity index (χ1n) is 8.46. The Morgan fingerprint density at radius 2 is 1.54 bits per heavy atom. The fourth-order valence-electron chi connectivity index (χ4n) is 2.70. The van der Waals surface area contributed by atoms with E-state index in [1.807, 2.05) is 6.92 Å². The number of hydrogen-bond acceptors (Lipinski definition) is 5. The van der Waals surface area contributed by atoms with Crippen LogP contribution in [-0.4, -0.2) is 18.4 Å². The predicted octanol–water partition coefficient (Wildman–Crippen LogP) is 4.51. The molecule has 0 spiro atoms. The van der Waals surface area contributed by atoms with Crippen LogP contribution in [0.3, 0.4) is 0 Å². The predicted molar refractivity (Wildman–Crippen MR) is 104 cm³/mol. The Balaban J connectivity index is 1.83. The molecule has 0 unspecified atom stereocenters. The SMILES string of the molecule is Cc1ccc(S(=O)(=O)Oc2nc(-c3ccc(F)cc3)nc3ccccc23)cc1. The van der Waals surface area contributed by atoms with Gasteiger partial charge in [0, 0.05) is 5.56 Å². The van der Waals surface area contributed by atoms with Gasteiger partial charge in [0.1, 0.15) is 10.7 Å². The fraction of sp³-hybridized carbons (Fsp3) is 0.0476. The van der Waals surface area contributed by atoms with Crippen molar-refractivity contribution in [2.75, 3.05) is 0 Å². The minimum absolute atomic E-state index is 0.0316. The molecule has 0 bridgehead atoms. The van der Waals surface area contributed by atoms with Gasteiger partial charge in [0.25, 0.3) is 0 Å². The lowest BCUT2D eigenvalue weighted by Gasteiger charge is -2.11. The molecular formula is C21H15FN2O3S. The first-order valence-corrected chi connectivity index (χ1v) is 9.87. The summed E-state index contributed by atoms with van der Waals surface area (Å²) < 4.78 is 44.0.